The van der Waals surface area contributed by atoms with E-state index in [1.807, 2.05) is 29.8 Å². The van der Waals surface area contributed by atoms with Crippen LogP contribution in [0.2, 0.25) is 0 Å². The van der Waals surface area contributed by atoms with E-state index in [9.17, 15) is 0 Å². The lowest BCUT2D eigenvalue weighted by molar-refractivity contribution is 0.395. The fraction of sp³-hybridized carbons (Fsp3) is 0.333. The summed E-state index contributed by atoms with van der Waals surface area (Å²) < 4.78 is 2.14. The molecule has 20 heavy (non-hydrogen) atoms. The Hall–Kier alpha value is -1.72. The second kappa shape index (κ2) is 5.00. The Morgan fingerprint density at radius 2 is 2.20 bits per heavy atom. The molecule has 0 fully saturated rings. The van der Waals surface area contributed by atoms with Gasteiger partial charge >= 0.3 is 0 Å². The van der Waals surface area contributed by atoms with E-state index in [0.29, 0.717) is 0 Å². The lowest BCUT2D eigenvalue weighted by atomic mass is 10.1. The molecule has 0 bridgehead atoms. The van der Waals surface area contributed by atoms with E-state index in [4.69, 9.17) is 0 Å². The molecule has 4 nitrogen and oxygen atoms in total. The van der Waals surface area contributed by atoms with Crippen LogP contribution in [0.1, 0.15) is 30.2 Å². The average molecular weight is 286 g/mol. The summed E-state index contributed by atoms with van der Waals surface area (Å²) in [6.45, 7) is 7.14. The molecule has 0 unspecified atom stereocenters. The smallest absolute Gasteiger partial charge is 0.137 e. The van der Waals surface area contributed by atoms with Crippen molar-refractivity contribution >= 4 is 17.0 Å². The Morgan fingerprint density at radius 3 is 2.95 bits per heavy atom. The van der Waals surface area contributed by atoms with Gasteiger partial charge in [-0.2, -0.15) is 0 Å². The number of hydrogen-bond donors (Lipinski definition) is 1. The normalized spacial score (nSPS) is 12.2. The van der Waals surface area contributed by atoms with Crippen LogP contribution in [-0.4, -0.2) is 14.4 Å². The molecule has 3 rings (SSSR count). The second-order valence-electron chi connectivity index (χ2n) is 5.39. The van der Waals surface area contributed by atoms with Crippen LogP contribution in [-0.2, 0) is 12.1 Å². The molecule has 0 aliphatic heterocycles. The highest BCUT2D eigenvalue weighted by Gasteiger charge is 2.23. The minimum Gasteiger partial charge on any atom is -0.302 e. The van der Waals surface area contributed by atoms with Crippen molar-refractivity contribution in [3.05, 3.63) is 52.4 Å². The van der Waals surface area contributed by atoms with Crippen molar-refractivity contribution < 1.29 is 0 Å². The van der Waals surface area contributed by atoms with Gasteiger partial charge in [0.15, 0.2) is 0 Å². The van der Waals surface area contributed by atoms with Crippen molar-refractivity contribution in [1.29, 1.82) is 0 Å². The molecule has 104 valence electrons. The number of fused-ring (bicyclic) bond motifs is 1. The van der Waals surface area contributed by atoms with Crippen LogP contribution in [0.25, 0.3) is 5.65 Å². The van der Waals surface area contributed by atoms with Crippen LogP contribution >= 0.6 is 11.3 Å². The third-order valence-corrected chi connectivity index (χ3v) is 4.59. The second-order valence-corrected chi connectivity index (χ2v) is 6.28. The predicted molar refractivity (Wildman–Crippen MR) is 81.9 cm³/mol. The zero-order valence-electron chi connectivity index (χ0n) is 11.9. The SMILES string of the molecule is Cc1nc2ccccn2c1CNC(C)(C)c1nccs1. The maximum absolute atomic E-state index is 4.59. The number of thiazole rings is 1. The maximum Gasteiger partial charge on any atom is 0.137 e. The van der Waals surface area contributed by atoms with E-state index in [2.05, 4.69) is 46.7 Å². The highest BCUT2D eigenvalue weighted by molar-refractivity contribution is 7.09. The maximum atomic E-state index is 4.59. The average Bonchev–Trinajstić information content (AvgIpc) is 3.04. The molecule has 0 saturated heterocycles. The van der Waals surface area contributed by atoms with Crippen LogP contribution in [0.4, 0.5) is 0 Å². The molecule has 0 radical (unpaired) electrons. The van der Waals surface area contributed by atoms with Gasteiger partial charge in [0.2, 0.25) is 0 Å². The summed E-state index contributed by atoms with van der Waals surface area (Å²) in [4.78, 5) is 8.99. The van der Waals surface area contributed by atoms with E-state index in [-0.39, 0.29) is 5.54 Å². The molecule has 0 saturated carbocycles. The van der Waals surface area contributed by atoms with Crippen LogP contribution in [0.5, 0.6) is 0 Å². The Bertz CT molecular complexity index is 713. The predicted octanol–water partition coefficient (Wildman–Crippen LogP) is 3.12. The summed E-state index contributed by atoms with van der Waals surface area (Å²) in [5.74, 6) is 0. The number of hydrogen-bond acceptors (Lipinski definition) is 4. The van der Waals surface area contributed by atoms with Crippen LogP contribution < -0.4 is 5.32 Å². The van der Waals surface area contributed by atoms with Crippen molar-refractivity contribution in [3.63, 3.8) is 0 Å². The van der Waals surface area contributed by atoms with E-state index >= 15 is 0 Å². The lowest BCUT2D eigenvalue weighted by Crippen LogP contribution is -2.36. The molecule has 0 aliphatic rings. The van der Waals surface area contributed by atoms with Gasteiger partial charge < -0.3 is 9.72 Å². The van der Waals surface area contributed by atoms with Crippen molar-refractivity contribution in [2.24, 2.45) is 0 Å². The number of pyridine rings is 1. The topological polar surface area (TPSA) is 42.2 Å². The van der Waals surface area contributed by atoms with Crippen LogP contribution in [0.3, 0.4) is 0 Å². The van der Waals surface area contributed by atoms with Gasteiger partial charge in [-0.1, -0.05) is 6.07 Å². The molecule has 0 aliphatic carbocycles. The molecule has 1 N–H and O–H groups in total. The summed E-state index contributed by atoms with van der Waals surface area (Å²) in [6, 6.07) is 6.07. The van der Waals surface area contributed by atoms with E-state index in [1.54, 1.807) is 11.3 Å². The molecule has 0 amide bonds. The third-order valence-electron chi connectivity index (χ3n) is 3.49. The number of aromatic nitrogens is 3. The van der Waals surface area contributed by atoms with Gasteiger partial charge in [0.25, 0.3) is 0 Å². The molecule has 0 aromatic carbocycles. The van der Waals surface area contributed by atoms with Gasteiger partial charge in [0.05, 0.1) is 16.9 Å². The van der Waals surface area contributed by atoms with E-state index in [1.165, 1.54) is 5.69 Å². The highest BCUT2D eigenvalue weighted by Crippen LogP contribution is 2.23. The van der Waals surface area contributed by atoms with Crippen LogP contribution in [0, 0.1) is 6.92 Å². The van der Waals surface area contributed by atoms with Gasteiger partial charge in [0, 0.05) is 24.3 Å². The van der Waals surface area contributed by atoms with Gasteiger partial charge in [0.1, 0.15) is 10.7 Å². The number of nitrogens with zero attached hydrogens (tertiary/aromatic N) is 3. The summed E-state index contributed by atoms with van der Waals surface area (Å²) in [5.41, 5.74) is 3.12. The quantitative estimate of drug-likeness (QED) is 0.801. The standard InChI is InChI=1S/C15H18N4S/c1-11-12(19-8-5-4-6-13(19)18-11)10-17-15(2,3)14-16-7-9-20-14/h4-9,17H,10H2,1-3H3. The van der Waals surface area contributed by atoms with Gasteiger partial charge in [-0.3, -0.25) is 0 Å². The molecule has 3 aromatic heterocycles. The van der Waals surface area contributed by atoms with Crippen molar-refractivity contribution in [3.8, 4) is 0 Å². The first-order valence-corrected chi connectivity index (χ1v) is 7.53. The molecule has 3 heterocycles. The number of rotatable bonds is 4. The zero-order valence-corrected chi connectivity index (χ0v) is 12.7. The Labute approximate surface area is 122 Å². The minimum absolute atomic E-state index is 0.139. The molecular formula is C15H18N4S. The largest absolute Gasteiger partial charge is 0.302 e. The molecular weight excluding hydrogens is 268 g/mol. The van der Waals surface area contributed by atoms with Crippen molar-refractivity contribution in [2.75, 3.05) is 0 Å². The third kappa shape index (κ3) is 2.34. The molecule has 0 atom stereocenters. The highest BCUT2D eigenvalue weighted by atomic mass is 32.1. The first-order chi connectivity index (χ1) is 9.58. The minimum atomic E-state index is -0.139. The van der Waals surface area contributed by atoms with E-state index in [0.717, 1.165) is 22.9 Å². The molecule has 0 spiro atoms. The van der Waals surface area contributed by atoms with Crippen molar-refractivity contribution in [1.82, 2.24) is 19.7 Å². The Kier molecular flexibility index (Phi) is 3.31. The number of nitrogens with one attached hydrogen (secondary N) is 1. The summed E-state index contributed by atoms with van der Waals surface area (Å²) >= 11 is 1.68. The first-order valence-electron chi connectivity index (χ1n) is 6.65. The first kappa shape index (κ1) is 13.3. The molecule has 3 aromatic rings. The monoisotopic (exact) mass is 286 g/mol. The fourth-order valence-corrected chi connectivity index (χ4v) is 3.03. The van der Waals surface area contributed by atoms with Gasteiger partial charge in [-0.15, -0.1) is 11.3 Å². The number of aryl methyl sites for hydroxylation is 1. The summed E-state index contributed by atoms with van der Waals surface area (Å²) in [5, 5.41) is 6.70. The Balaban J connectivity index is 1.85. The molecule has 5 heteroatoms. The van der Waals surface area contributed by atoms with Gasteiger partial charge in [-0.05, 0) is 32.9 Å². The fourth-order valence-electron chi connectivity index (χ4n) is 2.29. The summed E-state index contributed by atoms with van der Waals surface area (Å²) in [6.07, 6.45) is 3.91. The summed E-state index contributed by atoms with van der Waals surface area (Å²) in [7, 11) is 0. The van der Waals surface area contributed by atoms with Crippen LogP contribution in [0.15, 0.2) is 36.0 Å². The lowest BCUT2D eigenvalue weighted by Gasteiger charge is -2.24. The zero-order chi connectivity index (χ0) is 14.2. The number of imidazole rings is 1. The van der Waals surface area contributed by atoms with Crippen molar-refractivity contribution in [2.45, 2.75) is 32.9 Å². The van der Waals surface area contributed by atoms with Gasteiger partial charge in [-0.25, -0.2) is 9.97 Å². The Morgan fingerprint density at radius 1 is 1.35 bits per heavy atom. The van der Waals surface area contributed by atoms with E-state index < -0.39 is 0 Å².